The van der Waals surface area contributed by atoms with Crippen LogP contribution >= 0.6 is 0 Å². The van der Waals surface area contributed by atoms with E-state index in [1.807, 2.05) is 31.2 Å². The zero-order valence-electron chi connectivity index (χ0n) is 12.2. The Morgan fingerprint density at radius 3 is 2.76 bits per heavy atom. The number of aromatic nitrogens is 1. The first kappa shape index (κ1) is 13.6. The van der Waals surface area contributed by atoms with Crippen molar-refractivity contribution < 1.29 is 9.26 Å². The van der Waals surface area contributed by atoms with Gasteiger partial charge >= 0.3 is 0 Å². The molecule has 3 rings (SSSR count). The van der Waals surface area contributed by atoms with Gasteiger partial charge in [-0.05, 0) is 23.8 Å². The average molecular weight is 282 g/mol. The van der Waals surface area contributed by atoms with E-state index < -0.39 is 0 Å². The quantitative estimate of drug-likeness (QED) is 0.778. The summed E-state index contributed by atoms with van der Waals surface area (Å²) in [4.78, 5) is 0. The largest absolute Gasteiger partial charge is 0.496 e. The van der Waals surface area contributed by atoms with Gasteiger partial charge < -0.3 is 14.6 Å². The highest BCUT2D eigenvalue weighted by Gasteiger charge is 2.08. The summed E-state index contributed by atoms with van der Waals surface area (Å²) in [6.45, 7) is 3.28. The van der Waals surface area contributed by atoms with Gasteiger partial charge in [-0.25, -0.2) is 0 Å². The van der Waals surface area contributed by atoms with Crippen molar-refractivity contribution in [3.63, 3.8) is 0 Å². The number of nitrogens with one attached hydrogen (secondary N) is 1. The fraction of sp³-hybridized carbons (Fsp3) is 0.235. The molecule has 0 atom stereocenters. The minimum atomic E-state index is 0.646. The highest BCUT2D eigenvalue weighted by molar-refractivity contribution is 5.87. The zero-order valence-corrected chi connectivity index (χ0v) is 12.2. The maximum absolute atomic E-state index is 5.48. The summed E-state index contributed by atoms with van der Waals surface area (Å²) in [5.41, 5.74) is 2.06. The molecule has 0 fully saturated rings. The van der Waals surface area contributed by atoms with Gasteiger partial charge in [-0.3, -0.25) is 0 Å². The Hall–Kier alpha value is -2.33. The monoisotopic (exact) mass is 282 g/mol. The summed E-state index contributed by atoms with van der Waals surface area (Å²) in [5.74, 6) is 1.74. The van der Waals surface area contributed by atoms with Gasteiger partial charge in [-0.1, -0.05) is 35.5 Å². The Morgan fingerprint density at radius 1 is 1.14 bits per heavy atom. The normalized spacial score (nSPS) is 11.0. The van der Waals surface area contributed by atoms with Gasteiger partial charge in [0.15, 0.2) is 5.76 Å². The van der Waals surface area contributed by atoms with E-state index >= 15 is 0 Å². The van der Waals surface area contributed by atoms with Crippen LogP contribution in [0.25, 0.3) is 10.8 Å². The standard InChI is InChI=1S/C17H18N2O2/c1-12-9-14(21-19-12)10-18-11-16-15-6-4-3-5-13(15)7-8-17(16)20-2/h3-9,18H,10-11H2,1-2H3. The van der Waals surface area contributed by atoms with Gasteiger partial charge in [-0.15, -0.1) is 0 Å². The predicted molar refractivity (Wildman–Crippen MR) is 82.3 cm³/mol. The van der Waals surface area contributed by atoms with Crippen LogP contribution in [0.3, 0.4) is 0 Å². The number of benzene rings is 2. The first-order valence-corrected chi connectivity index (χ1v) is 6.95. The fourth-order valence-corrected chi connectivity index (χ4v) is 2.50. The molecule has 0 aliphatic rings. The summed E-state index contributed by atoms with van der Waals surface area (Å²) in [5, 5.41) is 9.69. The number of rotatable bonds is 5. The van der Waals surface area contributed by atoms with Crippen molar-refractivity contribution in [2.75, 3.05) is 7.11 Å². The lowest BCUT2D eigenvalue weighted by molar-refractivity contribution is 0.368. The molecule has 3 aromatic rings. The van der Waals surface area contributed by atoms with Crippen LogP contribution in [0.15, 0.2) is 47.0 Å². The number of hydrogen-bond donors (Lipinski definition) is 1. The molecule has 21 heavy (non-hydrogen) atoms. The molecule has 0 amide bonds. The SMILES string of the molecule is COc1ccc2ccccc2c1CNCc1cc(C)no1. The Labute approximate surface area is 123 Å². The van der Waals surface area contributed by atoms with Crippen LogP contribution in [0.5, 0.6) is 5.75 Å². The molecule has 0 aliphatic heterocycles. The van der Waals surface area contributed by atoms with Gasteiger partial charge in [0.1, 0.15) is 5.75 Å². The fourth-order valence-electron chi connectivity index (χ4n) is 2.50. The van der Waals surface area contributed by atoms with Gasteiger partial charge in [0.2, 0.25) is 0 Å². The van der Waals surface area contributed by atoms with Crippen molar-refractivity contribution in [1.29, 1.82) is 0 Å². The molecule has 0 radical (unpaired) electrons. The topological polar surface area (TPSA) is 47.3 Å². The van der Waals surface area contributed by atoms with E-state index in [4.69, 9.17) is 9.26 Å². The van der Waals surface area contributed by atoms with E-state index in [0.29, 0.717) is 13.1 Å². The second-order valence-electron chi connectivity index (χ2n) is 5.01. The molecule has 1 heterocycles. The van der Waals surface area contributed by atoms with Crippen molar-refractivity contribution in [2.45, 2.75) is 20.0 Å². The summed E-state index contributed by atoms with van der Waals surface area (Å²) in [6.07, 6.45) is 0. The summed E-state index contributed by atoms with van der Waals surface area (Å²) < 4.78 is 10.7. The highest BCUT2D eigenvalue weighted by Crippen LogP contribution is 2.27. The van der Waals surface area contributed by atoms with E-state index in [1.54, 1.807) is 7.11 Å². The Morgan fingerprint density at radius 2 is 2.00 bits per heavy atom. The lowest BCUT2D eigenvalue weighted by Crippen LogP contribution is -2.13. The van der Waals surface area contributed by atoms with Crippen molar-refractivity contribution >= 4 is 10.8 Å². The number of nitrogens with zero attached hydrogens (tertiary/aromatic N) is 1. The van der Waals surface area contributed by atoms with Crippen LogP contribution in [-0.4, -0.2) is 12.3 Å². The summed E-state index contributed by atoms with van der Waals surface area (Å²) in [6, 6.07) is 14.3. The second-order valence-corrected chi connectivity index (χ2v) is 5.01. The molecular formula is C17H18N2O2. The molecule has 1 aromatic heterocycles. The predicted octanol–water partition coefficient (Wildman–Crippen LogP) is 3.43. The molecule has 0 spiro atoms. The summed E-state index contributed by atoms with van der Waals surface area (Å²) in [7, 11) is 1.70. The molecule has 0 bridgehead atoms. The number of fused-ring (bicyclic) bond motifs is 1. The van der Waals surface area contributed by atoms with Gasteiger partial charge in [0.25, 0.3) is 0 Å². The second kappa shape index (κ2) is 5.97. The maximum atomic E-state index is 5.48. The molecule has 0 saturated heterocycles. The van der Waals surface area contributed by atoms with Crippen LogP contribution in [0.1, 0.15) is 17.0 Å². The first-order valence-electron chi connectivity index (χ1n) is 6.95. The Kier molecular flexibility index (Phi) is 3.88. The molecule has 0 aliphatic carbocycles. The van der Waals surface area contributed by atoms with Crippen molar-refractivity contribution in [3.05, 3.63) is 59.5 Å². The van der Waals surface area contributed by atoms with Crippen LogP contribution in [0.2, 0.25) is 0 Å². The third-order valence-corrected chi connectivity index (χ3v) is 3.50. The van der Waals surface area contributed by atoms with Crippen molar-refractivity contribution in [2.24, 2.45) is 0 Å². The third-order valence-electron chi connectivity index (χ3n) is 3.50. The molecule has 0 saturated carbocycles. The Balaban J connectivity index is 1.81. The van der Waals surface area contributed by atoms with E-state index in [0.717, 1.165) is 22.8 Å². The lowest BCUT2D eigenvalue weighted by atomic mass is 10.0. The van der Waals surface area contributed by atoms with Crippen LogP contribution in [0.4, 0.5) is 0 Å². The lowest BCUT2D eigenvalue weighted by Gasteiger charge is -2.12. The van der Waals surface area contributed by atoms with Crippen LogP contribution < -0.4 is 10.1 Å². The van der Waals surface area contributed by atoms with Gasteiger partial charge in [0, 0.05) is 18.2 Å². The van der Waals surface area contributed by atoms with E-state index in [2.05, 4.69) is 28.7 Å². The number of methoxy groups -OCH3 is 1. The summed E-state index contributed by atoms with van der Waals surface area (Å²) >= 11 is 0. The van der Waals surface area contributed by atoms with E-state index in [-0.39, 0.29) is 0 Å². The van der Waals surface area contributed by atoms with Crippen LogP contribution in [0, 0.1) is 6.92 Å². The molecule has 2 aromatic carbocycles. The van der Waals surface area contributed by atoms with Gasteiger partial charge in [0.05, 0.1) is 19.3 Å². The van der Waals surface area contributed by atoms with Crippen LogP contribution in [-0.2, 0) is 13.1 Å². The zero-order chi connectivity index (χ0) is 14.7. The number of hydrogen-bond acceptors (Lipinski definition) is 4. The molecule has 1 N–H and O–H groups in total. The smallest absolute Gasteiger partial charge is 0.150 e. The highest BCUT2D eigenvalue weighted by atomic mass is 16.5. The Bertz CT molecular complexity index is 749. The maximum Gasteiger partial charge on any atom is 0.150 e. The van der Waals surface area contributed by atoms with E-state index in [1.165, 1.54) is 10.8 Å². The number of aryl methyl sites for hydroxylation is 1. The molecular weight excluding hydrogens is 264 g/mol. The van der Waals surface area contributed by atoms with Crippen molar-refractivity contribution in [1.82, 2.24) is 10.5 Å². The molecule has 4 nitrogen and oxygen atoms in total. The molecule has 0 unspecified atom stereocenters. The minimum absolute atomic E-state index is 0.646. The van der Waals surface area contributed by atoms with Crippen molar-refractivity contribution in [3.8, 4) is 5.75 Å². The van der Waals surface area contributed by atoms with E-state index in [9.17, 15) is 0 Å². The minimum Gasteiger partial charge on any atom is -0.496 e. The van der Waals surface area contributed by atoms with Gasteiger partial charge in [-0.2, -0.15) is 0 Å². The third kappa shape index (κ3) is 2.90. The number of ether oxygens (including phenoxy) is 1. The first-order chi connectivity index (χ1) is 10.3. The average Bonchev–Trinajstić information content (AvgIpc) is 2.93. The molecule has 108 valence electrons. The molecule has 4 heteroatoms.